The quantitative estimate of drug-likeness (QED) is 0.290. The van der Waals surface area contributed by atoms with E-state index in [1.165, 1.54) is 10.9 Å². The Morgan fingerprint density at radius 1 is 1.06 bits per heavy atom. The lowest BCUT2D eigenvalue weighted by Gasteiger charge is -2.20. The highest BCUT2D eigenvalue weighted by atomic mass is 16.5. The van der Waals surface area contributed by atoms with Gasteiger partial charge in [0.2, 0.25) is 5.91 Å². The Morgan fingerprint density at radius 3 is 2.71 bits per heavy atom. The van der Waals surface area contributed by atoms with E-state index in [0.29, 0.717) is 17.6 Å². The van der Waals surface area contributed by atoms with E-state index in [9.17, 15) is 9.90 Å². The summed E-state index contributed by atoms with van der Waals surface area (Å²) < 4.78 is 5.29. The molecule has 0 aliphatic carbocycles. The van der Waals surface area contributed by atoms with Gasteiger partial charge in [0.25, 0.3) is 0 Å². The maximum Gasteiger partial charge on any atom is 0.220 e. The van der Waals surface area contributed by atoms with E-state index in [2.05, 4.69) is 21.4 Å². The van der Waals surface area contributed by atoms with Crippen molar-refractivity contribution in [3.05, 3.63) is 102 Å². The molecule has 6 nitrogen and oxygen atoms in total. The van der Waals surface area contributed by atoms with Gasteiger partial charge in [-0.3, -0.25) is 9.78 Å². The number of rotatable bonds is 8. The molecule has 0 saturated carbocycles. The summed E-state index contributed by atoms with van der Waals surface area (Å²) in [5, 5.41) is 16.2. The Labute approximate surface area is 203 Å². The van der Waals surface area contributed by atoms with Crippen molar-refractivity contribution in [2.75, 3.05) is 13.7 Å². The molecule has 0 spiro atoms. The van der Waals surface area contributed by atoms with E-state index in [4.69, 9.17) is 4.74 Å². The predicted molar refractivity (Wildman–Crippen MR) is 138 cm³/mol. The topological polar surface area (TPSA) is 87.2 Å². The largest absolute Gasteiger partial charge is 0.505 e. The molecule has 5 aromatic rings. The molecule has 6 heteroatoms. The van der Waals surface area contributed by atoms with Crippen molar-refractivity contribution in [1.29, 1.82) is 0 Å². The number of benzene rings is 3. The molecule has 0 fully saturated rings. The van der Waals surface area contributed by atoms with Crippen LogP contribution in [0.5, 0.6) is 11.5 Å². The zero-order valence-electron chi connectivity index (χ0n) is 19.5. The van der Waals surface area contributed by atoms with Gasteiger partial charge in [-0.25, -0.2) is 0 Å². The number of carbonyl (C=O) groups excluding carboxylic acids is 1. The summed E-state index contributed by atoms with van der Waals surface area (Å²) in [5.41, 5.74) is 4.39. The molecule has 1 atom stereocenters. The number of fused-ring (bicyclic) bond motifs is 2. The van der Waals surface area contributed by atoms with Gasteiger partial charge in [0.05, 0.1) is 7.11 Å². The molecule has 1 unspecified atom stereocenters. The van der Waals surface area contributed by atoms with Gasteiger partial charge in [-0.05, 0) is 41.8 Å². The number of phenols is 1. The number of aromatic amines is 1. The monoisotopic (exact) mass is 465 g/mol. The van der Waals surface area contributed by atoms with Crippen molar-refractivity contribution in [3.63, 3.8) is 0 Å². The fourth-order valence-electron chi connectivity index (χ4n) is 4.60. The van der Waals surface area contributed by atoms with Gasteiger partial charge >= 0.3 is 0 Å². The van der Waals surface area contributed by atoms with Crippen LogP contribution in [0.3, 0.4) is 0 Å². The van der Waals surface area contributed by atoms with Gasteiger partial charge in [0.15, 0.2) is 0 Å². The van der Waals surface area contributed by atoms with Gasteiger partial charge in [0, 0.05) is 53.1 Å². The number of pyridine rings is 1. The van der Waals surface area contributed by atoms with Crippen LogP contribution >= 0.6 is 0 Å². The van der Waals surface area contributed by atoms with Crippen LogP contribution in [0.15, 0.2) is 85.2 Å². The molecule has 0 saturated heterocycles. The number of hydrogen-bond donors (Lipinski definition) is 3. The van der Waals surface area contributed by atoms with Crippen LogP contribution in [0, 0.1) is 0 Å². The Hall–Kier alpha value is -4.32. The third kappa shape index (κ3) is 4.68. The minimum atomic E-state index is -0.333. The highest BCUT2D eigenvalue weighted by Gasteiger charge is 2.23. The van der Waals surface area contributed by atoms with Crippen LogP contribution in [-0.2, 0) is 11.2 Å². The Morgan fingerprint density at radius 2 is 1.89 bits per heavy atom. The molecule has 1 amide bonds. The fourth-order valence-corrected chi connectivity index (χ4v) is 4.60. The van der Waals surface area contributed by atoms with Crippen molar-refractivity contribution >= 4 is 27.7 Å². The first kappa shape index (κ1) is 22.5. The molecule has 5 rings (SSSR count). The Kier molecular flexibility index (Phi) is 6.35. The fraction of sp³-hybridized carbons (Fsp3) is 0.172. The molecular formula is C29H27N3O3. The number of H-pyrrole nitrogens is 1. The highest BCUT2D eigenvalue weighted by molar-refractivity contribution is 5.87. The number of nitrogens with zero attached hydrogens (tertiary/aromatic N) is 1. The third-order valence-corrected chi connectivity index (χ3v) is 6.45. The van der Waals surface area contributed by atoms with Crippen molar-refractivity contribution in [1.82, 2.24) is 15.3 Å². The van der Waals surface area contributed by atoms with Gasteiger partial charge in [-0.15, -0.1) is 0 Å². The number of hydrogen-bond acceptors (Lipinski definition) is 4. The van der Waals surface area contributed by atoms with Crippen LogP contribution < -0.4 is 10.1 Å². The van der Waals surface area contributed by atoms with Crippen molar-refractivity contribution in [2.45, 2.75) is 18.8 Å². The second-order valence-corrected chi connectivity index (χ2v) is 8.57. The van der Waals surface area contributed by atoms with E-state index >= 15 is 0 Å². The molecule has 0 bridgehead atoms. The first-order valence-electron chi connectivity index (χ1n) is 11.7. The van der Waals surface area contributed by atoms with Gasteiger partial charge < -0.3 is 20.1 Å². The number of aromatic hydroxyl groups is 1. The first-order chi connectivity index (χ1) is 17.1. The van der Waals surface area contributed by atoms with Crippen molar-refractivity contribution in [3.8, 4) is 11.5 Å². The van der Waals surface area contributed by atoms with E-state index in [1.54, 1.807) is 13.3 Å². The normalized spacial score (nSPS) is 12.0. The lowest BCUT2D eigenvalue weighted by molar-refractivity contribution is -0.121. The molecule has 3 aromatic carbocycles. The molecule has 35 heavy (non-hydrogen) atoms. The third-order valence-electron chi connectivity index (χ3n) is 6.45. The van der Waals surface area contributed by atoms with E-state index < -0.39 is 0 Å². The number of para-hydroxylation sites is 1. The Bertz CT molecular complexity index is 1470. The van der Waals surface area contributed by atoms with Crippen LogP contribution in [0.25, 0.3) is 21.8 Å². The molecule has 3 N–H and O–H groups in total. The molecular weight excluding hydrogens is 438 g/mol. The van der Waals surface area contributed by atoms with Crippen LogP contribution in [-0.4, -0.2) is 34.6 Å². The number of methoxy groups -OCH3 is 1. The zero-order valence-corrected chi connectivity index (χ0v) is 19.5. The lowest BCUT2D eigenvalue weighted by Crippen LogP contribution is -2.27. The number of ether oxygens (including phenoxy) is 1. The smallest absolute Gasteiger partial charge is 0.220 e. The van der Waals surface area contributed by atoms with Crippen molar-refractivity contribution in [2.24, 2.45) is 0 Å². The number of phenolic OH excluding ortho intramolecular Hbond substituents is 1. The zero-order chi connectivity index (χ0) is 24.2. The summed E-state index contributed by atoms with van der Waals surface area (Å²) >= 11 is 0. The standard InChI is InChI=1S/C29H27N3O3/c1-35-22-11-8-19(9-12-22)25(24-13-10-20-5-4-15-31-28(20)29(24)34)17-27(33)30-16-14-21-18-32-26-7-3-2-6-23(21)26/h2-13,15,18,25,32,34H,14,16-17H2,1H3,(H,30,33). The summed E-state index contributed by atoms with van der Waals surface area (Å²) in [6.45, 7) is 0.529. The summed E-state index contributed by atoms with van der Waals surface area (Å²) in [5.74, 6) is 0.433. The Balaban J connectivity index is 1.36. The number of amides is 1. The summed E-state index contributed by atoms with van der Waals surface area (Å²) in [6.07, 6.45) is 4.59. The average molecular weight is 466 g/mol. The van der Waals surface area contributed by atoms with E-state index in [0.717, 1.165) is 28.6 Å². The van der Waals surface area contributed by atoms with E-state index in [-0.39, 0.29) is 24.0 Å². The second-order valence-electron chi connectivity index (χ2n) is 8.57. The molecule has 176 valence electrons. The molecule has 0 radical (unpaired) electrons. The molecule has 0 aliphatic rings. The average Bonchev–Trinajstić information content (AvgIpc) is 3.31. The van der Waals surface area contributed by atoms with Crippen molar-refractivity contribution < 1.29 is 14.6 Å². The molecule has 2 aromatic heterocycles. The number of carbonyl (C=O) groups is 1. The maximum absolute atomic E-state index is 13.0. The molecule has 2 heterocycles. The second kappa shape index (κ2) is 9.89. The van der Waals surface area contributed by atoms with Crippen LogP contribution in [0.2, 0.25) is 0 Å². The van der Waals surface area contributed by atoms with Gasteiger partial charge in [0.1, 0.15) is 17.0 Å². The number of nitrogens with one attached hydrogen (secondary N) is 2. The minimum Gasteiger partial charge on any atom is -0.505 e. The summed E-state index contributed by atoms with van der Waals surface area (Å²) in [4.78, 5) is 20.7. The SMILES string of the molecule is COc1ccc(C(CC(=O)NCCc2c[nH]c3ccccc23)c2ccc3cccnc3c2O)cc1. The minimum absolute atomic E-state index is 0.0776. The summed E-state index contributed by atoms with van der Waals surface area (Å²) in [7, 11) is 1.62. The predicted octanol–water partition coefficient (Wildman–Crippen LogP) is 5.31. The van der Waals surface area contributed by atoms with Crippen LogP contribution in [0.1, 0.15) is 29.0 Å². The molecule has 0 aliphatic heterocycles. The van der Waals surface area contributed by atoms with Crippen LogP contribution in [0.4, 0.5) is 0 Å². The first-order valence-corrected chi connectivity index (χ1v) is 11.7. The lowest BCUT2D eigenvalue weighted by atomic mass is 9.87. The number of aromatic nitrogens is 2. The van der Waals surface area contributed by atoms with Gasteiger partial charge in [-0.1, -0.05) is 48.5 Å². The van der Waals surface area contributed by atoms with Gasteiger partial charge in [-0.2, -0.15) is 0 Å². The van der Waals surface area contributed by atoms with E-state index in [1.807, 2.05) is 72.9 Å². The highest BCUT2D eigenvalue weighted by Crippen LogP contribution is 2.38. The summed E-state index contributed by atoms with van der Waals surface area (Å²) in [6, 6.07) is 23.3. The maximum atomic E-state index is 13.0.